The maximum absolute atomic E-state index is 13.1. The Kier molecular flexibility index (Phi) is 7.06. The fourth-order valence-corrected chi connectivity index (χ4v) is 3.31. The van der Waals surface area contributed by atoms with Crippen molar-refractivity contribution in [1.29, 1.82) is 0 Å². The maximum atomic E-state index is 13.1. The molecule has 2 saturated heterocycles. The van der Waals surface area contributed by atoms with Gasteiger partial charge in [-0.1, -0.05) is 17.7 Å². The van der Waals surface area contributed by atoms with Crippen LogP contribution in [0.5, 0.6) is 5.75 Å². The second-order valence-electron chi connectivity index (χ2n) is 6.78. The molecule has 0 unspecified atom stereocenters. The summed E-state index contributed by atoms with van der Waals surface area (Å²) < 4.78 is 13.1. The molecule has 8 heteroatoms. The predicted octanol–water partition coefficient (Wildman–Crippen LogP) is 2.80. The van der Waals surface area contributed by atoms with Crippen molar-refractivity contribution in [3.8, 4) is 5.75 Å². The molecular formula is C20H24ClFN4O2. The van der Waals surface area contributed by atoms with Gasteiger partial charge in [0.25, 0.3) is 0 Å². The predicted molar refractivity (Wildman–Crippen MR) is 107 cm³/mol. The van der Waals surface area contributed by atoms with Crippen LogP contribution < -0.4 is 10.2 Å². The highest BCUT2D eigenvalue weighted by molar-refractivity contribution is 6.30. The van der Waals surface area contributed by atoms with Crippen LogP contribution in [0.4, 0.5) is 10.2 Å². The number of nitrogens with one attached hydrogen (secondary N) is 1. The molecule has 2 aromatic rings. The van der Waals surface area contributed by atoms with Crippen molar-refractivity contribution < 1.29 is 14.3 Å². The van der Waals surface area contributed by atoms with Crippen molar-refractivity contribution in [2.75, 3.05) is 37.6 Å². The van der Waals surface area contributed by atoms with Gasteiger partial charge in [-0.05, 0) is 36.2 Å². The van der Waals surface area contributed by atoms with Crippen LogP contribution in [-0.4, -0.2) is 53.6 Å². The largest absolute Gasteiger partial charge is 0.506 e. The third-order valence-electron chi connectivity index (χ3n) is 4.70. The minimum atomic E-state index is -0.430. The van der Waals surface area contributed by atoms with Crippen LogP contribution >= 0.6 is 11.6 Å². The number of aromatic hydroxyl groups is 1. The number of halogens is 2. The Morgan fingerprint density at radius 2 is 1.96 bits per heavy atom. The average Bonchev–Trinajstić information content (AvgIpc) is 3.11. The summed E-state index contributed by atoms with van der Waals surface area (Å²) in [6.07, 6.45) is 2.99. The van der Waals surface area contributed by atoms with Gasteiger partial charge >= 0.3 is 0 Å². The van der Waals surface area contributed by atoms with Gasteiger partial charge in [-0.15, -0.1) is 0 Å². The molecule has 0 bridgehead atoms. The number of nitrogens with zero attached hydrogens (tertiary/aromatic N) is 3. The highest BCUT2D eigenvalue weighted by Crippen LogP contribution is 2.19. The summed E-state index contributed by atoms with van der Waals surface area (Å²) in [5, 5.41) is 12.5. The first kappa shape index (κ1) is 20.4. The van der Waals surface area contributed by atoms with Crippen LogP contribution in [0, 0.1) is 5.82 Å². The SMILES string of the molecule is O=C1CCCN1Cc1ccc(Cl)c(F)c1.Oc1ccc(N2CCNCC2)nc1. The summed E-state index contributed by atoms with van der Waals surface area (Å²) in [5.74, 6) is 0.879. The molecule has 0 saturated carbocycles. The summed E-state index contributed by atoms with van der Waals surface area (Å²) in [6.45, 7) is 5.22. The van der Waals surface area contributed by atoms with Crippen LogP contribution in [0.2, 0.25) is 5.02 Å². The third kappa shape index (κ3) is 5.56. The number of pyridine rings is 1. The molecular weight excluding hydrogens is 383 g/mol. The second kappa shape index (κ2) is 9.71. The number of aromatic nitrogens is 1. The molecule has 4 rings (SSSR count). The first-order valence-electron chi connectivity index (χ1n) is 9.35. The number of carbonyl (C=O) groups excluding carboxylic acids is 1. The minimum Gasteiger partial charge on any atom is -0.506 e. The average molecular weight is 407 g/mol. The molecule has 1 aromatic heterocycles. The van der Waals surface area contributed by atoms with E-state index in [2.05, 4.69) is 15.2 Å². The summed E-state index contributed by atoms with van der Waals surface area (Å²) in [4.78, 5) is 19.4. The molecule has 2 aliphatic heterocycles. The lowest BCUT2D eigenvalue weighted by Gasteiger charge is -2.28. The summed E-state index contributed by atoms with van der Waals surface area (Å²) >= 11 is 5.57. The quantitative estimate of drug-likeness (QED) is 0.820. The van der Waals surface area contributed by atoms with E-state index < -0.39 is 5.82 Å². The number of carbonyl (C=O) groups is 1. The Balaban J connectivity index is 0.000000162. The fraction of sp³-hybridized carbons (Fsp3) is 0.400. The molecule has 0 atom stereocenters. The molecule has 6 nitrogen and oxygen atoms in total. The first-order chi connectivity index (χ1) is 13.5. The molecule has 0 radical (unpaired) electrons. The highest BCUT2D eigenvalue weighted by Gasteiger charge is 2.20. The van der Waals surface area contributed by atoms with Gasteiger partial charge in [0.2, 0.25) is 5.91 Å². The van der Waals surface area contributed by atoms with E-state index in [-0.39, 0.29) is 16.7 Å². The number of benzene rings is 1. The maximum Gasteiger partial charge on any atom is 0.222 e. The van der Waals surface area contributed by atoms with E-state index >= 15 is 0 Å². The van der Waals surface area contributed by atoms with Gasteiger partial charge in [-0.25, -0.2) is 9.37 Å². The second-order valence-corrected chi connectivity index (χ2v) is 7.19. The Bertz CT molecular complexity index is 797. The Hall–Kier alpha value is -2.38. The van der Waals surface area contributed by atoms with E-state index in [0.717, 1.165) is 50.5 Å². The van der Waals surface area contributed by atoms with Crippen molar-refractivity contribution in [1.82, 2.24) is 15.2 Å². The smallest absolute Gasteiger partial charge is 0.222 e. The molecule has 2 N–H and O–H groups in total. The Morgan fingerprint density at radius 1 is 1.18 bits per heavy atom. The van der Waals surface area contributed by atoms with E-state index in [1.54, 1.807) is 17.0 Å². The van der Waals surface area contributed by atoms with Crippen LogP contribution in [0.25, 0.3) is 0 Å². The highest BCUT2D eigenvalue weighted by atomic mass is 35.5. The molecule has 3 heterocycles. The monoisotopic (exact) mass is 406 g/mol. The summed E-state index contributed by atoms with van der Waals surface area (Å²) in [5.41, 5.74) is 0.784. The zero-order valence-corrected chi connectivity index (χ0v) is 16.3. The van der Waals surface area contributed by atoms with Crippen molar-refractivity contribution in [2.24, 2.45) is 0 Å². The molecule has 150 valence electrons. The normalized spacial score (nSPS) is 16.7. The molecule has 1 amide bonds. The zero-order chi connectivity index (χ0) is 19.9. The van der Waals surface area contributed by atoms with E-state index in [9.17, 15) is 9.18 Å². The van der Waals surface area contributed by atoms with Crippen LogP contribution in [0.1, 0.15) is 18.4 Å². The van der Waals surface area contributed by atoms with E-state index in [1.165, 1.54) is 18.3 Å². The van der Waals surface area contributed by atoms with E-state index in [4.69, 9.17) is 16.7 Å². The van der Waals surface area contributed by atoms with Gasteiger partial charge in [0.1, 0.15) is 17.4 Å². The lowest BCUT2D eigenvalue weighted by molar-refractivity contribution is -0.128. The molecule has 0 spiro atoms. The topological polar surface area (TPSA) is 68.7 Å². The van der Waals surface area contributed by atoms with Gasteiger partial charge in [-0.2, -0.15) is 0 Å². The van der Waals surface area contributed by atoms with Crippen LogP contribution in [0.15, 0.2) is 36.5 Å². The van der Waals surface area contributed by atoms with E-state index in [1.807, 2.05) is 6.07 Å². The van der Waals surface area contributed by atoms with Gasteiger partial charge in [0.05, 0.1) is 11.2 Å². The van der Waals surface area contributed by atoms with Gasteiger partial charge in [-0.3, -0.25) is 4.79 Å². The number of hydrogen-bond acceptors (Lipinski definition) is 5. The molecule has 28 heavy (non-hydrogen) atoms. The van der Waals surface area contributed by atoms with Crippen LogP contribution in [0.3, 0.4) is 0 Å². The number of amides is 1. The van der Waals surface area contributed by atoms with Crippen molar-refractivity contribution in [3.05, 3.63) is 52.9 Å². The van der Waals surface area contributed by atoms with Gasteiger partial charge in [0.15, 0.2) is 0 Å². The first-order valence-corrected chi connectivity index (χ1v) is 9.73. The van der Waals surface area contributed by atoms with Crippen molar-refractivity contribution in [2.45, 2.75) is 19.4 Å². The van der Waals surface area contributed by atoms with Crippen LogP contribution in [-0.2, 0) is 11.3 Å². The third-order valence-corrected chi connectivity index (χ3v) is 5.01. The number of rotatable bonds is 3. The minimum absolute atomic E-state index is 0.117. The molecule has 2 fully saturated rings. The Morgan fingerprint density at radius 3 is 2.57 bits per heavy atom. The summed E-state index contributed by atoms with van der Waals surface area (Å²) in [6, 6.07) is 8.17. The lowest BCUT2D eigenvalue weighted by Crippen LogP contribution is -2.43. The zero-order valence-electron chi connectivity index (χ0n) is 15.6. The fourth-order valence-electron chi connectivity index (χ4n) is 3.19. The summed E-state index contributed by atoms with van der Waals surface area (Å²) in [7, 11) is 0. The lowest BCUT2D eigenvalue weighted by atomic mass is 10.2. The van der Waals surface area contributed by atoms with Gasteiger partial charge in [0, 0.05) is 45.7 Å². The van der Waals surface area contributed by atoms with E-state index in [0.29, 0.717) is 13.0 Å². The standard InChI is InChI=1S/C11H11ClFNO.C9H13N3O/c12-9-4-3-8(6-10(9)13)7-14-5-1-2-11(14)15;13-8-1-2-9(11-7-8)12-5-3-10-4-6-12/h3-4,6H,1-2,5,7H2;1-2,7,10,13H,3-6H2. The number of piperazine rings is 1. The van der Waals surface area contributed by atoms with Crippen molar-refractivity contribution in [3.63, 3.8) is 0 Å². The van der Waals surface area contributed by atoms with Gasteiger partial charge < -0.3 is 20.2 Å². The van der Waals surface area contributed by atoms with Crippen molar-refractivity contribution >= 4 is 23.3 Å². The molecule has 2 aliphatic rings. The molecule has 1 aromatic carbocycles. The number of hydrogen-bond donors (Lipinski definition) is 2. The molecule has 0 aliphatic carbocycles. The number of likely N-dealkylation sites (tertiary alicyclic amines) is 1. The number of anilines is 1. The Labute approximate surface area is 168 Å².